The molecule has 3 heterocycles. The second-order valence-corrected chi connectivity index (χ2v) is 6.72. The lowest BCUT2D eigenvalue weighted by Gasteiger charge is -2.10. The normalized spacial score (nSPS) is 11.0. The number of aryl methyl sites for hydroxylation is 1. The number of carbonyl (C=O) groups is 1. The van der Waals surface area contributed by atoms with E-state index in [0.717, 1.165) is 16.3 Å². The Labute approximate surface area is 171 Å². The van der Waals surface area contributed by atoms with Crippen molar-refractivity contribution in [1.82, 2.24) is 29.9 Å². The molecule has 0 aliphatic heterocycles. The van der Waals surface area contributed by atoms with Gasteiger partial charge < -0.3 is 10.1 Å². The number of benzene rings is 1. The second kappa shape index (κ2) is 8.26. The van der Waals surface area contributed by atoms with E-state index in [1.165, 1.54) is 16.9 Å². The first kappa shape index (κ1) is 19.5. The van der Waals surface area contributed by atoms with Crippen LogP contribution in [-0.2, 0) is 11.8 Å². The molecule has 0 atom stereocenters. The molecule has 1 N–H and O–H groups in total. The summed E-state index contributed by atoms with van der Waals surface area (Å²) in [7, 11) is 3.29. The zero-order chi connectivity index (χ0) is 21.1. The van der Waals surface area contributed by atoms with E-state index in [1.54, 1.807) is 37.4 Å². The van der Waals surface area contributed by atoms with Crippen molar-refractivity contribution >= 4 is 16.7 Å². The first-order chi connectivity index (χ1) is 14.6. The summed E-state index contributed by atoms with van der Waals surface area (Å²) in [5.41, 5.74) is 1.22. The number of carbonyl (C=O) groups excluding carboxylic acids is 1. The van der Waals surface area contributed by atoms with E-state index in [9.17, 15) is 9.59 Å². The molecule has 1 aromatic carbocycles. The Morgan fingerprint density at radius 1 is 1.17 bits per heavy atom. The smallest absolute Gasteiger partial charge is 0.284 e. The number of aromatic nitrogens is 5. The quantitative estimate of drug-likeness (QED) is 0.489. The highest BCUT2D eigenvalue weighted by molar-refractivity contribution is 5.95. The number of nitrogens with one attached hydrogen (secondary N) is 1. The number of methoxy groups -OCH3 is 1. The van der Waals surface area contributed by atoms with Gasteiger partial charge in [-0.05, 0) is 23.6 Å². The minimum absolute atomic E-state index is 0.00483. The van der Waals surface area contributed by atoms with Crippen LogP contribution in [0.5, 0.6) is 0 Å². The van der Waals surface area contributed by atoms with Gasteiger partial charge in [0, 0.05) is 44.0 Å². The monoisotopic (exact) mass is 404 g/mol. The van der Waals surface area contributed by atoms with Crippen LogP contribution in [0.15, 0.2) is 59.9 Å². The zero-order valence-corrected chi connectivity index (χ0v) is 16.6. The van der Waals surface area contributed by atoms with Gasteiger partial charge in [-0.25, -0.2) is 0 Å². The Balaban J connectivity index is 1.85. The van der Waals surface area contributed by atoms with Crippen LogP contribution in [0.25, 0.3) is 27.7 Å². The first-order valence-electron chi connectivity index (χ1n) is 9.31. The highest BCUT2D eigenvalue weighted by atomic mass is 16.5. The van der Waals surface area contributed by atoms with Gasteiger partial charge in [0.15, 0.2) is 0 Å². The topological polar surface area (TPSA) is 104 Å². The number of ether oxygens (including phenoxy) is 1. The van der Waals surface area contributed by atoms with Crippen LogP contribution < -0.4 is 10.9 Å². The number of hydrogen-bond acceptors (Lipinski definition) is 6. The van der Waals surface area contributed by atoms with E-state index in [4.69, 9.17) is 4.74 Å². The van der Waals surface area contributed by atoms with Crippen molar-refractivity contribution in [1.29, 1.82) is 0 Å². The minimum Gasteiger partial charge on any atom is -0.383 e. The maximum atomic E-state index is 13.0. The van der Waals surface area contributed by atoms with Gasteiger partial charge >= 0.3 is 0 Å². The predicted octanol–water partition coefficient (Wildman–Crippen LogP) is 1.56. The number of hydrogen-bond donors (Lipinski definition) is 1. The zero-order valence-electron chi connectivity index (χ0n) is 16.6. The molecule has 0 radical (unpaired) electrons. The molecule has 0 fully saturated rings. The third-order valence-electron chi connectivity index (χ3n) is 4.62. The lowest BCUT2D eigenvalue weighted by molar-refractivity contribution is 0.0935. The number of nitrogens with zero attached hydrogens (tertiary/aromatic N) is 5. The molecule has 0 bridgehead atoms. The molecule has 9 heteroatoms. The minimum atomic E-state index is -0.522. The average molecular weight is 404 g/mol. The summed E-state index contributed by atoms with van der Waals surface area (Å²) in [5.74, 6) is -0.483. The van der Waals surface area contributed by atoms with Gasteiger partial charge in [0.05, 0.1) is 24.7 Å². The first-order valence-corrected chi connectivity index (χ1v) is 9.31. The van der Waals surface area contributed by atoms with Crippen LogP contribution in [0.4, 0.5) is 0 Å². The Kier molecular flexibility index (Phi) is 5.36. The number of rotatable bonds is 6. The molecule has 0 aliphatic rings. The molecule has 1 amide bonds. The van der Waals surface area contributed by atoms with Crippen molar-refractivity contribution in [2.45, 2.75) is 0 Å². The van der Waals surface area contributed by atoms with Crippen molar-refractivity contribution in [2.75, 3.05) is 20.3 Å². The van der Waals surface area contributed by atoms with E-state index in [-0.39, 0.29) is 5.56 Å². The van der Waals surface area contributed by atoms with E-state index >= 15 is 0 Å². The fourth-order valence-corrected chi connectivity index (χ4v) is 3.10. The fraction of sp³-hybridized carbons (Fsp3) is 0.190. The van der Waals surface area contributed by atoms with Crippen LogP contribution in [0.3, 0.4) is 0 Å². The number of fused-ring (bicyclic) bond motifs is 1. The van der Waals surface area contributed by atoms with Crippen LogP contribution in [0.1, 0.15) is 10.4 Å². The van der Waals surface area contributed by atoms with Crippen molar-refractivity contribution < 1.29 is 9.53 Å². The van der Waals surface area contributed by atoms with Gasteiger partial charge in [0.2, 0.25) is 0 Å². The van der Waals surface area contributed by atoms with Crippen molar-refractivity contribution in [3.8, 4) is 16.9 Å². The van der Waals surface area contributed by atoms with Gasteiger partial charge in [0.25, 0.3) is 11.5 Å². The molecule has 4 aromatic rings. The van der Waals surface area contributed by atoms with Crippen LogP contribution >= 0.6 is 0 Å². The maximum Gasteiger partial charge on any atom is 0.284 e. The Morgan fingerprint density at radius 2 is 2.03 bits per heavy atom. The molecule has 152 valence electrons. The molecule has 0 aliphatic carbocycles. The third kappa shape index (κ3) is 3.83. The summed E-state index contributed by atoms with van der Waals surface area (Å²) in [5, 5.41) is 13.3. The van der Waals surface area contributed by atoms with Gasteiger partial charge in [-0.2, -0.15) is 14.9 Å². The molecule has 9 nitrogen and oxygen atoms in total. The molecule has 0 saturated carbocycles. The maximum absolute atomic E-state index is 13.0. The standard InChI is InChI=1S/C21H20N6O3/c1-26-13-17(12-24-26)27-21(29)18(20(28)23-7-8-30-2)10-19(25-27)15-3-4-16-11-22-6-5-14(16)9-15/h3-6,9-13H,7-8H2,1-2H3,(H,23,28). The highest BCUT2D eigenvalue weighted by Gasteiger charge is 2.18. The van der Waals surface area contributed by atoms with Crippen molar-refractivity contribution in [3.05, 3.63) is 71.0 Å². The van der Waals surface area contributed by atoms with Crippen LogP contribution in [0, 0.1) is 0 Å². The third-order valence-corrected chi connectivity index (χ3v) is 4.62. The lowest BCUT2D eigenvalue weighted by Crippen LogP contribution is -2.35. The Hall–Kier alpha value is -3.85. The van der Waals surface area contributed by atoms with E-state index < -0.39 is 11.5 Å². The van der Waals surface area contributed by atoms with Crippen molar-refractivity contribution in [3.63, 3.8) is 0 Å². The van der Waals surface area contributed by atoms with E-state index in [2.05, 4.69) is 20.5 Å². The van der Waals surface area contributed by atoms with E-state index in [0.29, 0.717) is 24.5 Å². The van der Waals surface area contributed by atoms with Gasteiger partial charge in [0.1, 0.15) is 11.3 Å². The summed E-state index contributed by atoms with van der Waals surface area (Å²) in [6, 6.07) is 9.17. The van der Waals surface area contributed by atoms with E-state index in [1.807, 2.05) is 24.3 Å². The summed E-state index contributed by atoms with van der Waals surface area (Å²) >= 11 is 0. The summed E-state index contributed by atoms with van der Waals surface area (Å²) < 4.78 is 7.73. The fourth-order valence-electron chi connectivity index (χ4n) is 3.10. The van der Waals surface area contributed by atoms with Crippen molar-refractivity contribution in [2.24, 2.45) is 7.05 Å². The molecular formula is C21H20N6O3. The van der Waals surface area contributed by atoms with Crippen LogP contribution in [-0.4, -0.2) is 50.7 Å². The highest BCUT2D eigenvalue weighted by Crippen LogP contribution is 2.23. The second-order valence-electron chi connectivity index (χ2n) is 6.72. The predicted molar refractivity (Wildman–Crippen MR) is 112 cm³/mol. The summed E-state index contributed by atoms with van der Waals surface area (Å²) in [4.78, 5) is 29.8. The number of amides is 1. The SMILES string of the molecule is COCCNC(=O)c1cc(-c2ccc3cnccc3c2)nn(-c2cnn(C)c2)c1=O. The lowest BCUT2D eigenvalue weighted by atomic mass is 10.1. The Bertz CT molecular complexity index is 1280. The molecule has 4 rings (SSSR count). The summed E-state index contributed by atoms with van der Waals surface area (Å²) in [6.07, 6.45) is 6.68. The molecule has 0 saturated heterocycles. The summed E-state index contributed by atoms with van der Waals surface area (Å²) in [6.45, 7) is 0.640. The molecular weight excluding hydrogens is 384 g/mol. The average Bonchev–Trinajstić information content (AvgIpc) is 3.19. The number of pyridine rings is 1. The molecule has 30 heavy (non-hydrogen) atoms. The van der Waals surface area contributed by atoms with Crippen LogP contribution in [0.2, 0.25) is 0 Å². The van der Waals surface area contributed by atoms with Gasteiger partial charge in [-0.3, -0.25) is 19.3 Å². The van der Waals surface area contributed by atoms with Gasteiger partial charge in [-0.15, -0.1) is 0 Å². The molecule has 0 spiro atoms. The van der Waals surface area contributed by atoms with Gasteiger partial charge in [-0.1, -0.05) is 12.1 Å². The molecule has 3 aromatic heterocycles. The molecule has 0 unspecified atom stereocenters. The largest absolute Gasteiger partial charge is 0.383 e. The Morgan fingerprint density at radius 3 is 2.80 bits per heavy atom.